The maximum Gasteiger partial charge on any atom is 0.157 e. The van der Waals surface area contributed by atoms with E-state index in [2.05, 4.69) is 10.2 Å². The molecule has 0 saturated heterocycles. The van der Waals surface area contributed by atoms with Gasteiger partial charge < -0.3 is 10.8 Å². The number of nitrogens with zero attached hydrogens (tertiary/aromatic N) is 2. The van der Waals surface area contributed by atoms with Gasteiger partial charge in [-0.2, -0.15) is 5.10 Å². The minimum atomic E-state index is -0.491. The molecule has 0 aromatic carbocycles. The van der Waals surface area contributed by atoms with Crippen molar-refractivity contribution >= 4 is 27.2 Å². The molecule has 0 unspecified atom stereocenters. The summed E-state index contributed by atoms with van der Waals surface area (Å²) in [5.41, 5.74) is 5.44. The van der Waals surface area contributed by atoms with E-state index >= 15 is 0 Å². The van der Waals surface area contributed by atoms with Crippen molar-refractivity contribution in [2.75, 3.05) is 5.73 Å². The first kappa shape index (κ1) is 8.33. The molecule has 2 heterocycles. The molecule has 68 valence electrons. The Morgan fingerprint density at radius 1 is 1.62 bits per heavy atom. The third kappa shape index (κ3) is 1.14. The summed E-state index contributed by atoms with van der Waals surface area (Å²) in [4.78, 5) is 0.261. The first-order valence-electron chi connectivity index (χ1n) is 3.53. The fraction of sp³-hybridized carbons (Fsp3) is 0.143. The van der Waals surface area contributed by atoms with Crippen molar-refractivity contribution in [3.05, 3.63) is 16.9 Å². The van der Waals surface area contributed by atoms with Crippen LogP contribution >= 0.6 is 11.3 Å². The summed E-state index contributed by atoms with van der Waals surface area (Å²) in [7, 11) is 0. The molecule has 2 aromatic rings. The Hall–Kier alpha value is -1.27. The Morgan fingerprint density at radius 3 is 3.00 bits per heavy atom. The van der Waals surface area contributed by atoms with Crippen molar-refractivity contribution in [3.8, 4) is 0 Å². The van der Waals surface area contributed by atoms with Crippen molar-refractivity contribution in [2.45, 2.75) is 6.61 Å². The van der Waals surface area contributed by atoms with Gasteiger partial charge in [-0.15, -0.1) is 16.4 Å². The van der Waals surface area contributed by atoms with Gasteiger partial charge in [0.1, 0.15) is 0 Å². The number of fused-ring (bicyclic) bond motifs is 1. The van der Waals surface area contributed by atoms with E-state index < -0.39 is 5.82 Å². The maximum absolute atomic E-state index is 13.4. The molecule has 0 fully saturated rings. The summed E-state index contributed by atoms with van der Waals surface area (Å²) >= 11 is 1.13. The number of aliphatic hydroxyl groups is 1. The van der Waals surface area contributed by atoms with E-state index in [1.54, 1.807) is 0 Å². The summed E-state index contributed by atoms with van der Waals surface area (Å²) in [6.07, 6.45) is 1.43. The molecule has 0 saturated carbocycles. The Bertz CT molecular complexity index is 456. The number of nitrogens with two attached hydrogens (primary N) is 1. The molecule has 0 atom stereocenters. The van der Waals surface area contributed by atoms with Crippen LogP contribution in [0.2, 0.25) is 0 Å². The van der Waals surface area contributed by atoms with Crippen LogP contribution in [-0.2, 0) is 6.61 Å². The summed E-state index contributed by atoms with van der Waals surface area (Å²) in [5, 5.41) is 16.2. The van der Waals surface area contributed by atoms with Gasteiger partial charge in [0.2, 0.25) is 0 Å². The van der Waals surface area contributed by atoms with Crippen molar-refractivity contribution in [2.24, 2.45) is 0 Å². The molecule has 0 aliphatic rings. The largest absolute Gasteiger partial charge is 0.391 e. The molecule has 0 aliphatic carbocycles. The standard InChI is InChI=1S/C7H6FN3OS/c8-6-4(2-12)13-3-1-10-11-7(9)5(3)6/h1,12H,2H2,(H2,9,11). The van der Waals surface area contributed by atoms with Gasteiger partial charge in [-0.3, -0.25) is 0 Å². The van der Waals surface area contributed by atoms with Crippen LogP contribution in [0.25, 0.3) is 10.1 Å². The maximum atomic E-state index is 13.4. The van der Waals surface area contributed by atoms with Crippen LogP contribution in [0.4, 0.5) is 10.2 Å². The van der Waals surface area contributed by atoms with Crippen LogP contribution in [0.3, 0.4) is 0 Å². The fourth-order valence-electron chi connectivity index (χ4n) is 1.10. The molecule has 0 aliphatic heterocycles. The lowest BCUT2D eigenvalue weighted by atomic mass is 10.3. The molecule has 2 aromatic heterocycles. The number of rotatable bonds is 1. The topological polar surface area (TPSA) is 72.0 Å². The zero-order valence-corrected chi connectivity index (χ0v) is 7.31. The molecular formula is C7H6FN3OS. The quantitative estimate of drug-likeness (QED) is 0.715. The molecule has 4 nitrogen and oxygen atoms in total. The number of hydrogen-bond donors (Lipinski definition) is 2. The Labute approximate surface area is 76.8 Å². The van der Waals surface area contributed by atoms with Gasteiger partial charge in [0.15, 0.2) is 11.6 Å². The minimum Gasteiger partial charge on any atom is -0.391 e. The van der Waals surface area contributed by atoms with E-state index in [1.807, 2.05) is 0 Å². The highest BCUT2D eigenvalue weighted by molar-refractivity contribution is 7.19. The summed E-state index contributed by atoms with van der Waals surface area (Å²) in [5.74, 6) is -0.430. The second-order valence-corrected chi connectivity index (χ2v) is 3.60. The molecular weight excluding hydrogens is 193 g/mol. The van der Waals surface area contributed by atoms with Gasteiger partial charge in [-0.05, 0) is 0 Å². The van der Waals surface area contributed by atoms with Crippen LogP contribution in [0.1, 0.15) is 4.88 Å². The Morgan fingerprint density at radius 2 is 2.38 bits per heavy atom. The Kier molecular flexibility index (Phi) is 1.86. The van der Waals surface area contributed by atoms with Crippen LogP contribution < -0.4 is 5.73 Å². The average molecular weight is 199 g/mol. The number of halogens is 1. The van der Waals surface area contributed by atoms with E-state index in [4.69, 9.17) is 10.8 Å². The molecule has 0 bridgehead atoms. The van der Waals surface area contributed by atoms with Crippen molar-refractivity contribution in [1.29, 1.82) is 0 Å². The van der Waals surface area contributed by atoms with Crippen molar-refractivity contribution in [1.82, 2.24) is 10.2 Å². The smallest absolute Gasteiger partial charge is 0.157 e. The second-order valence-electron chi connectivity index (χ2n) is 2.47. The highest BCUT2D eigenvalue weighted by Crippen LogP contribution is 2.31. The first-order valence-corrected chi connectivity index (χ1v) is 4.34. The second kappa shape index (κ2) is 2.90. The minimum absolute atomic E-state index is 0.0611. The zero-order chi connectivity index (χ0) is 9.42. The fourth-order valence-corrected chi connectivity index (χ4v) is 2.02. The van der Waals surface area contributed by atoms with Gasteiger partial charge in [0.25, 0.3) is 0 Å². The number of hydrogen-bond acceptors (Lipinski definition) is 5. The lowest BCUT2D eigenvalue weighted by Gasteiger charge is -1.92. The first-order chi connectivity index (χ1) is 6.24. The predicted octanol–water partition coefficient (Wildman–Crippen LogP) is 0.905. The Balaban J connectivity index is 2.85. The van der Waals surface area contributed by atoms with E-state index in [1.165, 1.54) is 6.20 Å². The summed E-state index contributed by atoms with van der Waals surface area (Å²) in [6.45, 7) is -0.329. The highest BCUT2D eigenvalue weighted by atomic mass is 32.1. The van der Waals surface area contributed by atoms with Crippen molar-refractivity contribution in [3.63, 3.8) is 0 Å². The van der Waals surface area contributed by atoms with E-state index in [0.717, 1.165) is 11.3 Å². The molecule has 6 heteroatoms. The SMILES string of the molecule is Nc1nncc2sc(CO)c(F)c12. The van der Waals surface area contributed by atoms with Gasteiger partial charge in [0, 0.05) is 0 Å². The van der Waals surface area contributed by atoms with Crippen molar-refractivity contribution < 1.29 is 9.50 Å². The lowest BCUT2D eigenvalue weighted by molar-refractivity contribution is 0.280. The summed E-state index contributed by atoms with van der Waals surface area (Å²) < 4.78 is 14.0. The average Bonchev–Trinajstić information content (AvgIpc) is 2.44. The van der Waals surface area contributed by atoms with Gasteiger partial charge in [-0.1, -0.05) is 0 Å². The van der Waals surface area contributed by atoms with Gasteiger partial charge in [0.05, 0.1) is 27.8 Å². The highest BCUT2D eigenvalue weighted by Gasteiger charge is 2.14. The molecule has 0 radical (unpaired) electrons. The molecule has 2 rings (SSSR count). The molecule has 0 spiro atoms. The zero-order valence-electron chi connectivity index (χ0n) is 6.49. The third-order valence-corrected chi connectivity index (χ3v) is 2.77. The lowest BCUT2D eigenvalue weighted by Crippen LogP contribution is -1.93. The van der Waals surface area contributed by atoms with Gasteiger partial charge >= 0.3 is 0 Å². The number of thiophene rings is 1. The van der Waals surface area contributed by atoms with Crippen LogP contribution in [0.5, 0.6) is 0 Å². The van der Waals surface area contributed by atoms with Crippen LogP contribution in [-0.4, -0.2) is 15.3 Å². The van der Waals surface area contributed by atoms with Crippen LogP contribution in [0, 0.1) is 5.82 Å². The monoisotopic (exact) mass is 199 g/mol. The predicted molar refractivity (Wildman–Crippen MR) is 47.7 cm³/mol. The van der Waals surface area contributed by atoms with Gasteiger partial charge in [-0.25, -0.2) is 4.39 Å². The molecule has 0 amide bonds. The number of aliphatic hydroxyl groups excluding tert-OH is 1. The third-order valence-electron chi connectivity index (χ3n) is 1.68. The van der Waals surface area contributed by atoms with E-state index in [-0.39, 0.29) is 22.7 Å². The molecule has 3 N–H and O–H groups in total. The van der Waals surface area contributed by atoms with E-state index in [0.29, 0.717) is 4.70 Å². The number of anilines is 1. The normalized spacial score (nSPS) is 10.9. The van der Waals surface area contributed by atoms with Crippen LogP contribution in [0.15, 0.2) is 6.20 Å². The summed E-state index contributed by atoms with van der Waals surface area (Å²) in [6, 6.07) is 0. The number of aromatic nitrogens is 2. The van der Waals surface area contributed by atoms with E-state index in [9.17, 15) is 4.39 Å². The molecule has 13 heavy (non-hydrogen) atoms. The number of nitrogen functional groups attached to an aromatic ring is 1.